The first-order valence-electron chi connectivity index (χ1n) is 25.1. The molecule has 1 heterocycles. The molecule has 7 nitrogen and oxygen atoms in total. The van der Waals surface area contributed by atoms with Crippen LogP contribution in [0.3, 0.4) is 0 Å². The van der Waals surface area contributed by atoms with Gasteiger partial charge in [0.2, 0.25) is 0 Å². The average Bonchev–Trinajstić information content (AvgIpc) is 3.96. The Morgan fingerprint density at radius 2 is 1.05 bits per heavy atom. The number of allylic oxidation sites excluding steroid dienone is 2. The Hall–Kier alpha value is -1.70. The highest BCUT2D eigenvalue weighted by Gasteiger charge is 2.60. The van der Waals surface area contributed by atoms with Gasteiger partial charge in [-0.3, -0.25) is 9.59 Å². The highest BCUT2D eigenvalue weighted by molar-refractivity contribution is 5.69. The lowest BCUT2D eigenvalue weighted by Crippen LogP contribution is -2.51. The first-order chi connectivity index (χ1) is 28.4. The lowest BCUT2D eigenvalue weighted by molar-refractivity contribution is -0.141. The number of carbonyl (C=O) groups is 2. The fourth-order valence-corrected chi connectivity index (χ4v) is 16.4. The smallest absolute Gasteiger partial charge is 0.305 e. The second kappa shape index (κ2) is 21.1. The standard InChI is InChI=1S/C25H40O3.C24H38O3.C4H8O.3CH4/c1-23(27)14-15-25(3)18(16-23)8-10-19-20-11-9-17(6-5-7-22(26)28-4)24(20,2)13-12-21(19)25;1-22(27)13-14-24(3)17(15-22)7-9-18-19-10-8-16(5-4-6-21(25)26)23(19,2)12-11-20(18)24;1-2-4-5-3-1;;;/h8,17,19-21,27H,5-7,9-16H2,1-4H3;7,16,18-20,27H,4-6,8-15H2,1-3H3,(H,25,26);1-4H2;3*1H4/t17-,19-,20-,21-,23-,24+,25-;16-,18-,19-,20-,22-,23+,24-;;;;/m00..../s1. The maximum absolute atomic E-state index is 11.5. The second-order valence-electron chi connectivity index (χ2n) is 23.6. The molecule has 9 rings (SSSR count). The zero-order chi connectivity index (χ0) is 43.1. The molecule has 7 fully saturated rings. The van der Waals surface area contributed by atoms with Crippen molar-refractivity contribution in [1.82, 2.24) is 0 Å². The van der Waals surface area contributed by atoms with Crippen LogP contribution in [0.15, 0.2) is 23.3 Å². The number of methoxy groups -OCH3 is 1. The second-order valence-corrected chi connectivity index (χ2v) is 23.6. The molecular formula is C56H98O7. The van der Waals surface area contributed by atoms with E-state index in [0.717, 1.165) is 112 Å². The van der Waals surface area contributed by atoms with E-state index in [4.69, 9.17) is 14.6 Å². The Kier molecular flexibility index (Phi) is 18.0. The van der Waals surface area contributed by atoms with Gasteiger partial charge in [-0.25, -0.2) is 0 Å². The molecule has 1 saturated heterocycles. The van der Waals surface area contributed by atoms with Crippen molar-refractivity contribution in [3.63, 3.8) is 0 Å². The van der Waals surface area contributed by atoms with E-state index in [1.807, 2.05) is 13.8 Å². The number of ether oxygens (including phenoxy) is 2. The summed E-state index contributed by atoms with van der Waals surface area (Å²) in [6, 6.07) is 0. The predicted molar refractivity (Wildman–Crippen MR) is 259 cm³/mol. The molecule has 14 atom stereocenters. The summed E-state index contributed by atoms with van der Waals surface area (Å²) in [6.45, 7) is 16.1. The quantitative estimate of drug-likeness (QED) is 0.164. The van der Waals surface area contributed by atoms with Crippen LogP contribution < -0.4 is 0 Å². The van der Waals surface area contributed by atoms with E-state index in [9.17, 15) is 19.8 Å². The number of aliphatic carboxylic acids is 1. The number of carboxylic acid groups (broad SMARTS) is 1. The average molecular weight is 883 g/mol. The summed E-state index contributed by atoms with van der Waals surface area (Å²) in [7, 11) is 1.49. The van der Waals surface area contributed by atoms with Gasteiger partial charge < -0.3 is 24.8 Å². The third kappa shape index (κ3) is 10.9. The molecule has 0 bridgehead atoms. The third-order valence-electron chi connectivity index (χ3n) is 20.1. The van der Waals surface area contributed by atoms with Gasteiger partial charge in [0.1, 0.15) is 0 Å². The summed E-state index contributed by atoms with van der Waals surface area (Å²) in [5.74, 6) is 5.63. The van der Waals surface area contributed by atoms with Crippen LogP contribution in [0.2, 0.25) is 0 Å². The summed E-state index contributed by atoms with van der Waals surface area (Å²) < 4.78 is 9.77. The maximum atomic E-state index is 11.5. The van der Waals surface area contributed by atoms with Crippen LogP contribution >= 0.6 is 0 Å². The van der Waals surface area contributed by atoms with E-state index in [-0.39, 0.29) is 28.2 Å². The van der Waals surface area contributed by atoms with E-state index in [0.29, 0.717) is 40.4 Å². The Morgan fingerprint density at radius 3 is 1.43 bits per heavy atom. The first-order valence-corrected chi connectivity index (χ1v) is 25.1. The Balaban J connectivity index is 0.000000238. The maximum Gasteiger partial charge on any atom is 0.305 e. The summed E-state index contributed by atoms with van der Waals surface area (Å²) in [6.07, 6.45) is 31.6. The zero-order valence-corrected chi connectivity index (χ0v) is 39.1. The largest absolute Gasteiger partial charge is 0.481 e. The predicted octanol–water partition coefficient (Wildman–Crippen LogP) is 13.9. The minimum absolute atomic E-state index is 0. The number of esters is 1. The summed E-state index contributed by atoms with van der Waals surface area (Å²) in [4.78, 5) is 22.4. The Labute approximate surface area is 386 Å². The van der Waals surface area contributed by atoms with Gasteiger partial charge in [-0.15, -0.1) is 0 Å². The van der Waals surface area contributed by atoms with Crippen LogP contribution in [-0.2, 0) is 19.1 Å². The molecule has 63 heavy (non-hydrogen) atoms. The molecule has 0 unspecified atom stereocenters. The molecule has 6 saturated carbocycles. The van der Waals surface area contributed by atoms with Crippen LogP contribution in [0.4, 0.5) is 0 Å². The van der Waals surface area contributed by atoms with Crippen LogP contribution in [0.1, 0.15) is 218 Å². The van der Waals surface area contributed by atoms with Crippen molar-refractivity contribution < 1.29 is 34.4 Å². The van der Waals surface area contributed by atoms with E-state index < -0.39 is 17.2 Å². The molecule has 0 spiro atoms. The molecule has 0 aromatic carbocycles. The molecule has 0 aromatic rings. The molecular weight excluding hydrogens is 785 g/mol. The van der Waals surface area contributed by atoms with Crippen LogP contribution in [0.25, 0.3) is 0 Å². The molecule has 0 aromatic heterocycles. The van der Waals surface area contributed by atoms with Gasteiger partial charge >= 0.3 is 11.9 Å². The highest BCUT2D eigenvalue weighted by atomic mass is 16.5. The van der Waals surface area contributed by atoms with Crippen LogP contribution in [0.5, 0.6) is 0 Å². The number of hydrogen-bond donors (Lipinski definition) is 3. The molecule has 7 heteroatoms. The Morgan fingerprint density at radius 1 is 0.619 bits per heavy atom. The molecule has 3 N–H and O–H groups in total. The fourth-order valence-electron chi connectivity index (χ4n) is 16.4. The van der Waals surface area contributed by atoms with Crippen LogP contribution in [0, 0.1) is 69.0 Å². The van der Waals surface area contributed by atoms with Gasteiger partial charge in [0.05, 0.1) is 18.3 Å². The lowest BCUT2D eigenvalue weighted by atomic mass is 9.46. The summed E-state index contributed by atoms with van der Waals surface area (Å²) in [5, 5.41) is 30.2. The Bertz CT molecular complexity index is 1580. The third-order valence-corrected chi connectivity index (χ3v) is 20.1. The van der Waals surface area contributed by atoms with E-state index in [2.05, 4.69) is 39.8 Å². The topological polar surface area (TPSA) is 113 Å². The van der Waals surface area contributed by atoms with Gasteiger partial charge in [-0.2, -0.15) is 0 Å². The van der Waals surface area contributed by atoms with Crippen molar-refractivity contribution in [2.24, 2.45) is 69.0 Å². The number of carboxylic acids is 1. The van der Waals surface area contributed by atoms with Gasteiger partial charge in [-0.05, 0) is 224 Å². The van der Waals surface area contributed by atoms with Gasteiger partial charge in [-0.1, -0.05) is 73.3 Å². The molecule has 1 aliphatic heterocycles. The monoisotopic (exact) mass is 883 g/mol. The molecule has 0 radical (unpaired) electrons. The summed E-state index contributed by atoms with van der Waals surface area (Å²) >= 11 is 0. The minimum Gasteiger partial charge on any atom is -0.481 e. The number of aliphatic hydroxyl groups is 2. The van der Waals surface area contributed by atoms with Crippen molar-refractivity contribution in [3.8, 4) is 0 Å². The van der Waals surface area contributed by atoms with Crippen molar-refractivity contribution in [3.05, 3.63) is 23.3 Å². The molecule has 8 aliphatic carbocycles. The number of rotatable bonds is 8. The highest BCUT2D eigenvalue weighted by Crippen LogP contribution is 2.69. The van der Waals surface area contributed by atoms with E-state index >= 15 is 0 Å². The molecule has 9 aliphatic rings. The number of hydrogen-bond acceptors (Lipinski definition) is 6. The van der Waals surface area contributed by atoms with E-state index in [1.165, 1.54) is 90.6 Å². The van der Waals surface area contributed by atoms with Crippen molar-refractivity contribution in [2.75, 3.05) is 20.3 Å². The number of carbonyl (C=O) groups excluding carboxylic acids is 1. The van der Waals surface area contributed by atoms with E-state index in [1.54, 1.807) is 11.1 Å². The first kappa shape index (κ1) is 53.9. The summed E-state index contributed by atoms with van der Waals surface area (Å²) in [5.41, 5.74) is 3.58. The normalized spacial score (nSPS) is 44.0. The van der Waals surface area contributed by atoms with Gasteiger partial charge in [0.25, 0.3) is 0 Å². The van der Waals surface area contributed by atoms with Crippen molar-refractivity contribution in [2.45, 2.75) is 229 Å². The lowest BCUT2D eigenvalue weighted by Gasteiger charge is -2.59. The molecule has 364 valence electrons. The van der Waals surface area contributed by atoms with Crippen molar-refractivity contribution in [1.29, 1.82) is 0 Å². The SMILES string of the molecule is C.C.C.C1CCOC1.COC(=O)CCC[C@H]1CC[C@H]2[C@@H]3CC=C4C[C@@](C)(O)CC[C@]4(C)[C@H]3CC[C@]12C.C[C@]1(O)CC[C@@]2(C)C(=CC[C@H]3[C@@H]4CC[C@H](CCCC(=O)O)[C@@]4(C)CC[C@@H]32)C1. The van der Waals surface area contributed by atoms with Crippen LogP contribution in [-0.4, -0.2) is 58.8 Å². The van der Waals surface area contributed by atoms with Gasteiger partial charge in [0.15, 0.2) is 0 Å². The van der Waals surface area contributed by atoms with Gasteiger partial charge in [0, 0.05) is 26.1 Å². The minimum atomic E-state index is -0.649. The molecule has 0 amide bonds. The van der Waals surface area contributed by atoms with Crippen molar-refractivity contribution >= 4 is 11.9 Å². The number of fused-ring (bicyclic) bond motifs is 10. The zero-order valence-electron chi connectivity index (χ0n) is 39.1. The fraction of sp³-hybridized carbons (Fsp3) is 0.893.